The van der Waals surface area contributed by atoms with Gasteiger partial charge in [0, 0.05) is 25.6 Å². The number of carbonyl (C=O) groups is 1. The quantitative estimate of drug-likeness (QED) is 0.727. The molecule has 6 heteroatoms. The summed E-state index contributed by atoms with van der Waals surface area (Å²) in [5, 5.41) is 0. The highest BCUT2D eigenvalue weighted by Gasteiger charge is 2.28. The molecule has 24 heavy (non-hydrogen) atoms. The number of rotatable bonds is 2. The molecule has 0 saturated heterocycles. The lowest BCUT2D eigenvalue weighted by Gasteiger charge is -2.25. The van der Waals surface area contributed by atoms with Crippen LogP contribution in [0.5, 0.6) is 0 Å². The number of oxazole rings is 1. The minimum absolute atomic E-state index is 0.0117. The maximum atomic E-state index is 12.8. The summed E-state index contributed by atoms with van der Waals surface area (Å²) in [6.07, 6.45) is 2.35. The third-order valence-electron chi connectivity index (χ3n) is 4.36. The van der Waals surface area contributed by atoms with Gasteiger partial charge in [0.1, 0.15) is 17.1 Å². The Bertz CT molecular complexity index is 876. The third-order valence-corrected chi connectivity index (χ3v) is 4.36. The van der Waals surface area contributed by atoms with Crippen LogP contribution >= 0.6 is 0 Å². The molecule has 0 aliphatic carbocycles. The van der Waals surface area contributed by atoms with Gasteiger partial charge in [0.05, 0.1) is 18.6 Å². The molecule has 0 unspecified atom stereocenters. The molecule has 0 N–H and O–H groups in total. The number of hydrogen-bond donors (Lipinski definition) is 0. The highest BCUT2D eigenvalue weighted by Crippen LogP contribution is 2.26. The first-order chi connectivity index (χ1) is 11.6. The fraction of sp³-hybridized carbons (Fsp3) is 0.278. The molecule has 1 aliphatic heterocycles. The van der Waals surface area contributed by atoms with E-state index in [1.54, 1.807) is 10.9 Å². The van der Waals surface area contributed by atoms with Crippen LogP contribution in [0.1, 0.15) is 27.6 Å². The second kappa shape index (κ2) is 5.63. The number of aromatic nitrogens is 3. The fourth-order valence-electron chi connectivity index (χ4n) is 3.08. The van der Waals surface area contributed by atoms with E-state index < -0.39 is 0 Å². The van der Waals surface area contributed by atoms with Crippen molar-refractivity contribution in [2.45, 2.75) is 19.9 Å². The van der Waals surface area contributed by atoms with Crippen LogP contribution < -0.4 is 0 Å². The van der Waals surface area contributed by atoms with Gasteiger partial charge in [-0.05, 0) is 19.1 Å². The molecule has 1 aliphatic rings. The first-order valence-electron chi connectivity index (χ1n) is 7.94. The SMILES string of the molecule is Cc1ncn(C)c1C(=O)N1CCc2oc(-c3ccccc3)nc2C1. The van der Waals surface area contributed by atoms with E-state index in [2.05, 4.69) is 9.97 Å². The highest BCUT2D eigenvalue weighted by molar-refractivity contribution is 5.93. The Kier molecular flexibility index (Phi) is 3.45. The fourth-order valence-corrected chi connectivity index (χ4v) is 3.08. The monoisotopic (exact) mass is 322 g/mol. The molecule has 0 radical (unpaired) electrons. The molecule has 0 atom stereocenters. The van der Waals surface area contributed by atoms with Crippen molar-refractivity contribution in [3.63, 3.8) is 0 Å². The van der Waals surface area contributed by atoms with Crippen LogP contribution in [0.3, 0.4) is 0 Å². The van der Waals surface area contributed by atoms with Gasteiger partial charge in [0.15, 0.2) is 0 Å². The van der Waals surface area contributed by atoms with Crippen molar-refractivity contribution in [1.29, 1.82) is 0 Å². The molecule has 3 heterocycles. The molecular formula is C18H18N4O2. The van der Waals surface area contributed by atoms with Crippen LogP contribution in [0, 0.1) is 6.92 Å². The Balaban J connectivity index is 1.60. The Morgan fingerprint density at radius 3 is 2.75 bits per heavy atom. The number of benzene rings is 1. The summed E-state index contributed by atoms with van der Waals surface area (Å²) in [6, 6.07) is 9.82. The van der Waals surface area contributed by atoms with Gasteiger partial charge in [-0.25, -0.2) is 9.97 Å². The molecule has 0 fully saturated rings. The maximum Gasteiger partial charge on any atom is 0.272 e. The number of fused-ring (bicyclic) bond motifs is 1. The van der Waals surface area contributed by atoms with E-state index in [4.69, 9.17) is 4.42 Å². The van der Waals surface area contributed by atoms with Gasteiger partial charge >= 0.3 is 0 Å². The van der Waals surface area contributed by atoms with E-state index in [1.165, 1.54) is 0 Å². The molecule has 0 saturated carbocycles. The summed E-state index contributed by atoms with van der Waals surface area (Å²) in [5.74, 6) is 1.48. The van der Waals surface area contributed by atoms with Crippen molar-refractivity contribution in [3.8, 4) is 11.5 Å². The van der Waals surface area contributed by atoms with Crippen LogP contribution in [0.25, 0.3) is 11.5 Å². The van der Waals surface area contributed by atoms with E-state index >= 15 is 0 Å². The van der Waals surface area contributed by atoms with Crippen LogP contribution in [0.15, 0.2) is 41.1 Å². The van der Waals surface area contributed by atoms with Gasteiger partial charge in [-0.15, -0.1) is 0 Å². The predicted octanol–water partition coefficient (Wildman–Crippen LogP) is 2.58. The van der Waals surface area contributed by atoms with Crippen molar-refractivity contribution >= 4 is 5.91 Å². The smallest absolute Gasteiger partial charge is 0.272 e. The summed E-state index contributed by atoms with van der Waals surface area (Å²) >= 11 is 0. The van der Waals surface area contributed by atoms with Crippen molar-refractivity contribution < 1.29 is 9.21 Å². The average molecular weight is 322 g/mol. The molecule has 122 valence electrons. The van der Waals surface area contributed by atoms with Gasteiger partial charge in [0.2, 0.25) is 5.89 Å². The number of aryl methyl sites for hydroxylation is 2. The Morgan fingerprint density at radius 2 is 2.04 bits per heavy atom. The van der Waals surface area contributed by atoms with E-state index in [9.17, 15) is 4.79 Å². The first-order valence-corrected chi connectivity index (χ1v) is 7.94. The normalized spacial score (nSPS) is 13.8. The number of hydrogen-bond acceptors (Lipinski definition) is 4. The first kappa shape index (κ1) is 14.7. The minimum Gasteiger partial charge on any atom is -0.441 e. The summed E-state index contributed by atoms with van der Waals surface area (Å²) in [5.41, 5.74) is 3.17. The van der Waals surface area contributed by atoms with Crippen molar-refractivity contribution in [3.05, 3.63) is 59.5 Å². The summed E-state index contributed by atoms with van der Waals surface area (Å²) in [7, 11) is 1.84. The molecule has 0 spiro atoms. The Morgan fingerprint density at radius 1 is 1.25 bits per heavy atom. The van der Waals surface area contributed by atoms with Gasteiger partial charge in [-0.1, -0.05) is 18.2 Å². The summed E-state index contributed by atoms with van der Waals surface area (Å²) in [4.78, 5) is 23.4. The number of nitrogens with zero attached hydrogens (tertiary/aromatic N) is 4. The average Bonchev–Trinajstić information content (AvgIpc) is 3.17. The van der Waals surface area contributed by atoms with Crippen LogP contribution in [0.2, 0.25) is 0 Å². The van der Waals surface area contributed by atoms with E-state index in [-0.39, 0.29) is 5.91 Å². The minimum atomic E-state index is -0.0117. The molecule has 4 rings (SSSR count). The van der Waals surface area contributed by atoms with Gasteiger partial charge in [-0.3, -0.25) is 4.79 Å². The lowest BCUT2D eigenvalue weighted by molar-refractivity contribution is 0.0717. The second-order valence-electron chi connectivity index (χ2n) is 6.02. The summed E-state index contributed by atoms with van der Waals surface area (Å²) < 4.78 is 7.66. The second-order valence-corrected chi connectivity index (χ2v) is 6.02. The lowest BCUT2D eigenvalue weighted by atomic mass is 10.1. The zero-order valence-corrected chi connectivity index (χ0v) is 13.7. The van der Waals surface area contributed by atoms with Crippen molar-refractivity contribution in [2.24, 2.45) is 7.05 Å². The largest absolute Gasteiger partial charge is 0.441 e. The van der Waals surface area contributed by atoms with Crippen molar-refractivity contribution in [2.75, 3.05) is 6.54 Å². The topological polar surface area (TPSA) is 64.2 Å². The van der Waals surface area contributed by atoms with Crippen LogP contribution in [0.4, 0.5) is 0 Å². The molecule has 0 bridgehead atoms. The molecular weight excluding hydrogens is 304 g/mol. The summed E-state index contributed by atoms with van der Waals surface area (Å²) in [6.45, 7) is 2.95. The van der Waals surface area contributed by atoms with Crippen molar-refractivity contribution in [1.82, 2.24) is 19.4 Å². The molecule has 3 aromatic rings. The zero-order chi connectivity index (χ0) is 16.7. The lowest BCUT2D eigenvalue weighted by Crippen LogP contribution is -2.37. The predicted molar refractivity (Wildman–Crippen MR) is 88.3 cm³/mol. The van der Waals surface area contributed by atoms with E-state index in [1.807, 2.05) is 49.2 Å². The number of carbonyl (C=O) groups excluding carboxylic acids is 1. The zero-order valence-electron chi connectivity index (χ0n) is 13.7. The molecule has 6 nitrogen and oxygen atoms in total. The van der Waals surface area contributed by atoms with Gasteiger partial charge in [0.25, 0.3) is 5.91 Å². The van der Waals surface area contributed by atoms with E-state index in [0.717, 1.165) is 22.7 Å². The standard InChI is InChI=1S/C18H18N4O2/c1-12-16(21(2)11-19-12)18(23)22-9-8-15-14(10-22)20-17(24-15)13-6-4-3-5-7-13/h3-7,11H,8-10H2,1-2H3. The highest BCUT2D eigenvalue weighted by atomic mass is 16.4. The molecule has 1 aromatic carbocycles. The number of imidazole rings is 1. The van der Waals surface area contributed by atoms with Gasteiger partial charge < -0.3 is 13.9 Å². The molecule has 1 amide bonds. The van der Waals surface area contributed by atoms with Crippen LogP contribution in [-0.2, 0) is 20.0 Å². The van der Waals surface area contributed by atoms with E-state index in [0.29, 0.717) is 31.1 Å². The number of amides is 1. The Hall–Kier alpha value is -2.89. The third kappa shape index (κ3) is 2.40. The Labute approximate surface area is 139 Å². The molecule has 2 aromatic heterocycles. The maximum absolute atomic E-state index is 12.8. The van der Waals surface area contributed by atoms with Gasteiger partial charge in [-0.2, -0.15) is 0 Å². The van der Waals surface area contributed by atoms with Crippen LogP contribution in [-0.4, -0.2) is 31.9 Å².